The van der Waals surface area contributed by atoms with E-state index >= 15 is 0 Å². The number of hydrogen-bond donors (Lipinski definition) is 2. The smallest absolute Gasteiger partial charge is 0.191 e. The van der Waals surface area contributed by atoms with Crippen LogP contribution in [0.3, 0.4) is 0 Å². The highest BCUT2D eigenvalue weighted by Crippen LogP contribution is 2.00. The van der Waals surface area contributed by atoms with E-state index in [-0.39, 0.29) is 0 Å². The van der Waals surface area contributed by atoms with E-state index in [1.165, 1.54) is 6.42 Å². The van der Waals surface area contributed by atoms with E-state index in [2.05, 4.69) is 22.5 Å². The molecule has 19 heavy (non-hydrogen) atoms. The first-order chi connectivity index (χ1) is 9.36. The summed E-state index contributed by atoms with van der Waals surface area (Å²) >= 11 is 0. The van der Waals surface area contributed by atoms with Crippen molar-refractivity contribution < 1.29 is 9.15 Å². The van der Waals surface area contributed by atoms with Crippen LogP contribution in [0.1, 0.15) is 32.4 Å². The Kier molecular flexibility index (Phi) is 8.55. The molecule has 0 amide bonds. The van der Waals surface area contributed by atoms with Gasteiger partial charge in [-0.1, -0.05) is 13.3 Å². The van der Waals surface area contributed by atoms with E-state index < -0.39 is 0 Å². The minimum Gasteiger partial charge on any atom is -0.467 e. The first-order valence-electron chi connectivity index (χ1n) is 6.99. The minimum atomic E-state index is 0.541. The van der Waals surface area contributed by atoms with Crippen molar-refractivity contribution in [1.82, 2.24) is 10.6 Å². The van der Waals surface area contributed by atoms with Gasteiger partial charge >= 0.3 is 0 Å². The zero-order valence-electron chi connectivity index (χ0n) is 11.9. The van der Waals surface area contributed by atoms with Crippen molar-refractivity contribution in [1.29, 1.82) is 0 Å². The van der Waals surface area contributed by atoms with Gasteiger partial charge in [0, 0.05) is 19.7 Å². The fourth-order valence-corrected chi connectivity index (χ4v) is 1.49. The largest absolute Gasteiger partial charge is 0.467 e. The molecule has 0 aliphatic heterocycles. The van der Waals surface area contributed by atoms with Crippen LogP contribution in [0, 0.1) is 0 Å². The lowest BCUT2D eigenvalue weighted by Gasteiger charge is -2.11. The topological polar surface area (TPSA) is 58.8 Å². The molecular weight excluding hydrogens is 242 g/mol. The van der Waals surface area contributed by atoms with Gasteiger partial charge in [0.2, 0.25) is 0 Å². The number of furan rings is 1. The van der Waals surface area contributed by atoms with Crippen LogP contribution in [-0.4, -0.2) is 32.3 Å². The third kappa shape index (κ3) is 7.51. The van der Waals surface area contributed by atoms with Gasteiger partial charge in [-0.3, -0.25) is 0 Å². The standard InChI is InChI=1S/C14H25N3O2/c1-3-5-9-18-11-8-16-14(15-4-2)17-12-13-7-6-10-19-13/h6-7,10H,3-5,8-9,11-12H2,1-2H3,(H2,15,16,17). The minimum absolute atomic E-state index is 0.541. The number of aliphatic imine (C=N–C) groups is 1. The van der Waals surface area contributed by atoms with Crippen LogP contribution in [0.15, 0.2) is 27.8 Å². The predicted molar refractivity (Wildman–Crippen MR) is 77.3 cm³/mol. The Bertz CT molecular complexity index is 336. The summed E-state index contributed by atoms with van der Waals surface area (Å²) in [6.45, 7) is 7.87. The van der Waals surface area contributed by atoms with Crippen molar-refractivity contribution in [3.05, 3.63) is 24.2 Å². The van der Waals surface area contributed by atoms with Gasteiger partial charge in [-0.05, 0) is 25.5 Å². The van der Waals surface area contributed by atoms with Gasteiger partial charge in [-0.25, -0.2) is 4.99 Å². The summed E-state index contributed by atoms with van der Waals surface area (Å²) in [5, 5.41) is 6.42. The molecule has 0 aromatic carbocycles. The highest BCUT2D eigenvalue weighted by atomic mass is 16.5. The van der Waals surface area contributed by atoms with Crippen LogP contribution >= 0.6 is 0 Å². The van der Waals surface area contributed by atoms with Crippen molar-refractivity contribution in [3.8, 4) is 0 Å². The van der Waals surface area contributed by atoms with Gasteiger partial charge in [-0.2, -0.15) is 0 Å². The predicted octanol–water partition coefficient (Wildman–Crippen LogP) is 2.15. The number of rotatable bonds is 9. The van der Waals surface area contributed by atoms with Crippen molar-refractivity contribution in [3.63, 3.8) is 0 Å². The maximum atomic E-state index is 5.49. The normalized spacial score (nSPS) is 11.6. The van der Waals surface area contributed by atoms with Crippen LogP contribution in [-0.2, 0) is 11.3 Å². The van der Waals surface area contributed by atoms with Crippen LogP contribution in [0.5, 0.6) is 0 Å². The molecule has 1 aromatic heterocycles. The monoisotopic (exact) mass is 267 g/mol. The molecule has 0 saturated carbocycles. The summed E-state index contributed by atoms with van der Waals surface area (Å²) in [7, 11) is 0. The molecule has 0 aliphatic carbocycles. The molecule has 1 aromatic rings. The van der Waals surface area contributed by atoms with Crippen LogP contribution in [0.25, 0.3) is 0 Å². The zero-order chi connectivity index (χ0) is 13.8. The summed E-state index contributed by atoms with van der Waals surface area (Å²) < 4.78 is 10.7. The first-order valence-corrected chi connectivity index (χ1v) is 6.99. The fourth-order valence-electron chi connectivity index (χ4n) is 1.49. The molecule has 0 unspecified atom stereocenters. The Morgan fingerprint density at radius 2 is 2.21 bits per heavy atom. The molecule has 1 heterocycles. The molecule has 0 spiro atoms. The number of nitrogens with one attached hydrogen (secondary N) is 2. The average Bonchev–Trinajstić information content (AvgIpc) is 2.93. The molecule has 5 nitrogen and oxygen atoms in total. The number of guanidine groups is 1. The van der Waals surface area contributed by atoms with E-state index in [4.69, 9.17) is 9.15 Å². The second-order valence-corrected chi connectivity index (χ2v) is 4.17. The highest BCUT2D eigenvalue weighted by Gasteiger charge is 1.98. The molecule has 1 rings (SSSR count). The molecule has 108 valence electrons. The summed E-state index contributed by atoms with van der Waals surface area (Å²) in [6.07, 6.45) is 3.94. The number of hydrogen-bond acceptors (Lipinski definition) is 3. The van der Waals surface area contributed by atoms with Crippen molar-refractivity contribution in [2.45, 2.75) is 33.2 Å². The van der Waals surface area contributed by atoms with E-state index in [1.807, 2.05) is 19.1 Å². The lowest BCUT2D eigenvalue weighted by atomic mass is 10.4. The Morgan fingerprint density at radius 1 is 1.32 bits per heavy atom. The van der Waals surface area contributed by atoms with Crippen molar-refractivity contribution in [2.75, 3.05) is 26.3 Å². The number of unbranched alkanes of at least 4 members (excludes halogenated alkanes) is 1. The van der Waals surface area contributed by atoms with Gasteiger partial charge in [0.25, 0.3) is 0 Å². The molecule has 0 radical (unpaired) electrons. The SMILES string of the molecule is CCCCOCCNC(=NCc1ccco1)NCC. The first kappa shape index (κ1) is 15.6. The molecular formula is C14H25N3O2. The average molecular weight is 267 g/mol. The van der Waals surface area contributed by atoms with Gasteiger partial charge in [0.1, 0.15) is 12.3 Å². The second-order valence-electron chi connectivity index (χ2n) is 4.17. The Morgan fingerprint density at radius 3 is 2.89 bits per heavy atom. The van der Waals surface area contributed by atoms with E-state index in [9.17, 15) is 0 Å². The lowest BCUT2D eigenvalue weighted by Crippen LogP contribution is -2.39. The molecule has 0 bridgehead atoms. The molecule has 0 fully saturated rings. The molecule has 0 atom stereocenters. The quantitative estimate of drug-likeness (QED) is 0.409. The van der Waals surface area contributed by atoms with Crippen molar-refractivity contribution >= 4 is 5.96 Å². The van der Waals surface area contributed by atoms with Crippen LogP contribution < -0.4 is 10.6 Å². The van der Waals surface area contributed by atoms with Crippen LogP contribution in [0.4, 0.5) is 0 Å². The Balaban J connectivity index is 2.21. The van der Waals surface area contributed by atoms with Gasteiger partial charge in [0.05, 0.1) is 12.9 Å². The number of ether oxygens (including phenoxy) is 1. The molecule has 2 N–H and O–H groups in total. The van der Waals surface area contributed by atoms with Crippen LogP contribution in [0.2, 0.25) is 0 Å². The summed E-state index contributed by atoms with van der Waals surface area (Å²) in [4.78, 5) is 4.44. The maximum absolute atomic E-state index is 5.49. The fraction of sp³-hybridized carbons (Fsp3) is 0.643. The van der Waals surface area contributed by atoms with E-state index in [0.717, 1.165) is 37.8 Å². The van der Waals surface area contributed by atoms with Gasteiger partial charge in [0.15, 0.2) is 5.96 Å². The maximum Gasteiger partial charge on any atom is 0.191 e. The third-order valence-electron chi connectivity index (χ3n) is 2.50. The molecule has 0 aliphatic rings. The lowest BCUT2D eigenvalue weighted by molar-refractivity contribution is 0.136. The van der Waals surface area contributed by atoms with Crippen molar-refractivity contribution in [2.24, 2.45) is 4.99 Å². The summed E-state index contributed by atoms with van der Waals surface area (Å²) in [6, 6.07) is 3.79. The molecule has 5 heteroatoms. The Labute approximate surface area is 115 Å². The summed E-state index contributed by atoms with van der Waals surface area (Å²) in [5.74, 6) is 1.65. The zero-order valence-corrected chi connectivity index (χ0v) is 11.9. The Hall–Kier alpha value is -1.49. The van der Waals surface area contributed by atoms with Gasteiger partial charge in [-0.15, -0.1) is 0 Å². The second kappa shape index (κ2) is 10.4. The molecule has 0 saturated heterocycles. The number of nitrogens with zero attached hydrogens (tertiary/aromatic N) is 1. The van der Waals surface area contributed by atoms with E-state index in [1.54, 1.807) is 6.26 Å². The van der Waals surface area contributed by atoms with E-state index in [0.29, 0.717) is 13.2 Å². The third-order valence-corrected chi connectivity index (χ3v) is 2.50. The summed E-state index contributed by atoms with van der Waals surface area (Å²) in [5.41, 5.74) is 0. The highest BCUT2D eigenvalue weighted by molar-refractivity contribution is 5.79. The van der Waals surface area contributed by atoms with Gasteiger partial charge < -0.3 is 19.8 Å².